The minimum Gasteiger partial charge on any atom is -0.360 e. The van der Waals surface area contributed by atoms with Gasteiger partial charge in [0, 0.05) is 22.3 Å². The van der Waals surface area contributed by atoms with Crippen molar-refractivity contribution in [3.8, 4) is 11.3 Å². The summed E-state index contributed by atoms with van der Waals surface area (Å²) in [4.78, 5) is 12.0. The standard InChI is InChI=1S/C19H17ClN2O2S/c1-13-2-8-16(9-3-13)21-19(23)12-25-11-17-10-18(22-24-17)14-4-6-15(20)7-5-14/h2-10H,11-12H2,1H3,(H,21,23). The first-order chi connectivity index (χ1) is 12.1. The number of anilines is 1. The molecule has 1 aromatic heterocycles. The van der Waals surface area contributed by atoms with Gasteiger partial charge in [0.1, 0.15) is 11.5 Å². The van der Waals surface area contributed by atoms with E-state index in [1.54, 1.807) is 0 Å². The van der Waals surface area contributed by atoms with Crippen molar-refractivity contribution >= 4 is 35.0 Å². The lowest BCUT2D eigenvalue weighted by molar-refractivity contribution is -0.113. The van der Waals surface area contributed by atoms with Crippen LogP contribution in [0.2, 0.25) is 5.02 Å². The van der Waals surface area contributed by atoms with Crippen molar-refractivity contribution in [1.29, 1.82) is 0 Å². The molecule has 0 aliphatic carbocycles. The number of nitrogens with one attached hydrogen (secondary N) is 1. The van der Waals surface area contributed by atoms with Crippen molar-refractivity contribution in [3.63, 3.8) is 0 Å². The number of benzene rings is 2. The molecule has 25 heavy (non-hydrogen) atoms. The summed E-state index contributed by atoms with van der Waals surface area (Å²) in [5.41, 5.74) is 3.67. The molecule has 2 aromatic carbocycles. The van der Waals surface area contributed by atoms with E-state index in [1.165, 1.54) is 11.8 Å². The maximum atomic E-state index is 12.0. The third kappa shape index (κ3) is 5.11. The summed E-state index contributed by atoms with van der Waals surface area (Å²) < 4.78 is 5.33. The highest BCUT2D eigenvalue weighted by Crippen LogP contribution is 2.23. The van der Waals surface area contributed by atoms with Crippen LogP contribution in [0.3, 0.4) is 0 Å². The van der Waals surface area contributed by atoms with Crippen molar-refractivity contribution < 1.29 is 9.32 Å². The Hall–Kier alpha value is -2.24. The Bertz CT molecular complexity index is 845. The maximum absolute atomic E-state index is 12.0. The number of hydrogen-bond donors (Lipinski definition) is 1. The van der Waals surface area contributed by atoms with Crippen LogP contribution in [-0.4, -0.2) is 16.8 Å². The largest absolute Gasteiger partial charge is 0.360 e. The molecular formula is C19H17ClN2O2S. The second-order valence-corrected chi connectivity index (χ2v) is 7.01. The third-order valence-electron chi connectivity index (χ3n) is 3.51. The monoisotopic (exact) mass is 372 g/mol. The molecule has 0 fully saturated rings. The van der Waals surface area contributed by atoms with E-state index in [2.05, 4.69) is 10.5 Å². The molecule has 1 N–H and O–H groups in total. The normalized spacial score (nSPS) is 10.6. The van der Waals surface area contributed by atoms with Crippen LogP contribution in [0.25, 0.3) is 11.3 Å². The fourth-order valence-electron chi connectivity index (χ4n) is 2.22. The molecule has 3 rings (SSSR count). The summed E-state index contributed by atoms with van der Waals surface area (Å²) in [6.45, 7) is 2.01. The second-order valence-electron chi connectivity index (χ2n) is 5.59. The van der Waals surface area contributed by atoms with E-state index in [0.717, 1.165) is 28.3 Å². The van der Waals surface area contributed by atoms with Crippen LogP contribution in [0, 0.1) is 6.92 Å². The Balaban J connectivity index is 1.48. The molecule has 0 saturated carbocycles. The number of hydrogen-bond acceptors (Lipinski definition) is 4. The molecular weight excluding hydrogens is 356 g/mol. The van der Waals surface area contributed by atoms with E-state index >= 15 is 0 Å². The lowest BCUT2D eigenvalue weighted by atomic mass is 10.1. The van der Waals surface area contributed by atoms with Gasteiger partial charge < -0.3 is 9.84 Å². The van der Waals surface area contributed by atoms with Crippen molar-refractivity contribution in [2.24, 2.45) is 0 Å². The minimum atomic E-state index is -0.0358. The Morgan fingerprint density at radius 1 is 1.16 bits per heavy atom. The number of carbonyl (C=O) groups excluding carboxylic acids is 1. The third-order valence-corrected chi connectivity index (χ3v) is 4.72. The molecule has 6 heteroatoms. The first kappa shape index (κ1) is 17.6. The zero-order valence-corrected chi connectivity index (χ0v) is 15.2. The first-order valence-electron chi connectivity index (χ1n) is 7.76. The average molecular weight is 373 g/mol. The number of carbonyl (C=O) groups is 1. The van der Waals surface area contributed by atoms with E-state index in [1.807, 2.05) is 61.5 Å². The molecule has 0 aliphatic rings. The summed E-state index contributed by atoms with van der Waals surface area (Å²) >= 11 is 7.36. The number of aryl methyl sites for hydroxylation is 1. The van der Waals surface area contributed by atoms with Gasteiger partial charge in [0.15, 0.2) is 0 Å². The first-order valence-corrected chi connectivity index (χ1v) is 9.29. The van der Waals surface area contributed by atoms with Gasteiger partial charge in [-0.15, -0.1) is 11.8 Å². The van der Waals surface area contributed by atoms with E-state index in [0.29, 0.717) is 16.5 Å². The molecule has 0 bridgehead atoms. The van der Waals surface area contributed by atoms with Crippen LogP contribution >= 0.6 is 23.4 Å². The fraction of sp³-hybridized carbons (Fsp3) is 0.158. The SMILES string of the molecule is Cc1ccc(NC(=O)CSCc2cc(-c3ccc(Cl)cc3)no2)cc1. The van der Waals surface area contributed by atoms with Gasteiger partial charge in [-0.1, -0.05) is 46.6 Å². The lowest BCUT2D eigenvalue weighted by Gasteiger charge is -2.04. The predicted octanol–water partition coefficient (Wildman–Crippen LogP) is 5.18. The lowest BCUT2D eigenvalue weighted by Crippen LogP contribution is -2.14. The molecule has 128 valence electrons. The molecule has 0 saturated heterocycles. The van der Waals surface area contributed by atoms with E-state index < -0.39 is 0 Å². The summed E-state index contributed by atoms with van der Waals surface area (Å²) in [5, 5.41) is 7.61. The molecule has 1 amide bonds. The summed E-state index contributed by atoms with van der Waals surface area (Å²) in [5.74, 6) is 1.64. The van der Waals surface area contributed by atoms with Crippen LogP contribution in [0.5, 0.6) is 0 Å². The number of aromatic nitrogens is 1. The van der Waals surface area contributed by atoms with Crippen LogP contribution in [0.1, 0.15) is 11.3 Å². The highest BCUT2D eigenvalue weighted by atomic mass is 35.5. The van der Waals surface area contributed by atoms with Gasteiger partial charge in [0.25, 0.3) is 0 Å². The van der Waals surface area contributed by atoms with Crippen molar-refractivity contribution in [2.45, 2.75) is 12.7 Å². The number of nitrogens with zero attached hydrogens (tertiary/aromatic N) is 1. The van der Waals surface area contributed by atoms with Crippen molar-refractivity contribution in [3.05, 3.63) is 70.9 Å². The minimum absolute atomic E-state index is 0.0358. The number of halogens is 1. The van der Waals surface area contributed by atoms with E-state index in [4.69, 9.17) is 16.1 Å². The predicted molar refractivity (Wildman–Crippen MR) is 103 cm³/mol. The van der Waals surface area contributed by atoms with Crippen LogP contribution in [0.15, 0.2) is 59.1 Å². The Labute approximate surface area is 155 Å². The number of thioether (sulfide) groups is 1. The Kier molecular flexibility index (Phi) is 5.79. The van der Waals surface area contributed by atoms with Gasteiger partial charge >= 0.3 is 0 Å². The van der Waals surface area contributed by atoms with Gasteiger partial charge in [-0.3, -0.25) is 4.79 Å². The fourth-order valence-corrected chi connectivity index (χ4v) is 3.04. The van der Waals surface area contributed by atoms with Crippen LogP contribution < -0.4 is 5.32 Å². The summed E-state index contributed by atoms with van der Waals surface area (Å²) in [6.07, 6.45) is 0. The highest BCUT2D eigenvalue weighted by molar-refractivity contribution is 7.99. The molecule has 0 spiro atoms. The maximum Gasteiger partial charge on any atom is 0.234 e. The molecule has 0 aliphatic heterocycles. The zero-order chi connectivity index (χ0) is 17.6. The highest BCUT2D eigenvalue weighted by Gasteiger charge is 2.08. The zero-order valence-electron chi connectivity index (χ0n) is 13.7. The smallest absolute Gasteiger partial charge is 0.234 e. The molecule has 4 nitrogen and oxygen atoms in total. The van der Waals surface area contributed by atoms with Gasteiger partial charge in [-0.2, -0.15) is 0 Å². The van der Waals surface area contributed by atoms with Gasteiger partial charge in [-0.05, 0) is 31.2 Å². The van der Waals surface area contributed by atoms with Crippen LogP contribution in [0.4, 0.5) is 5.69 Å². The quantitative estimate of drug-likeness (QED) is 0.648. The molecule has 3 aromatic rings. The molecule has 0 atom stereocenters. The summed E-state index contributed by atoms with van der Waals surface area (Å²) in [7, 11) is 0. The van der Waals surface area contributed by atoms with E-state index in [9.17, 15) is 4.79 Å². The second kappa shape index (κ2) is 8.23. The molecule has 0 radical (unpaired) electrons. The van der Waals surface area contributed by atoms with Crippen LogP contribution in [-0.2, 0) is 10.5 Å². The van der Waals surface area contributed by atoms with E-state index in [-0.39, 0.29) is 5.91 Å². The summed E-state index contributed by atoms with van der Waals surface area (Å²) in [6, 6.07) is 17.0. The number of amides is 1. The van der Waals surface area contributed by atoms with Gasteiger partial charge in [0.05, 0.1) is 11.5 Å². The molecule has 0 unspecified atom stereocenters. The van der Waals surface area contributed by atoms with Gasteiger partial charge in [0.2, 0.25) is 5.91 Å². The number of rotatable bonds is 6. The van der Waals surface area contributed by atoms with Crippen molar-refractivity contribution in [1.82, 2.24) is 5.16 Å². The Morgan fingerprint density at radius 3 is 2.60 bits per heavy atom. The van der Waals surface area contributed by atoms with Crippen molar-refractivity contribution in [2.75, 3.05) is 11.1 Å². The Morgan fingerprint density at radius 2 is 1.88 bits per heavy atom. The van der Waals surface area contributed by atoms with Gasteiger partial charge in [-0.25, -0.2) is 0 Å². The topological polar surface area (TPSA) is 55.1 Å². The molecule has 1 heterocycles. The average Bonchev–Trinajstić information content (AvgIpc) is 3.06.